The molecule has 3 rings (SSSR count). The molecule has 21 heavy (non-hydrogen) atoms. The number of carbonyl (C=O) groups is 1. The number of amides is 1. The fourth-order valence-corrected chi connectivity index (χ4v) is 4.37. The van der Waals surface area contributed by atoms with Crippen LogP contribution in [0.15, 0.2) is 35.0 Å². The van der Waals surface area contributed by atoms with Gasteiger partial charge in [-0.15, -0.1) is 34.0 Å². The Labute approximate surface area is 135 Å². The number of nitrogens with zero attached hydrogens (tertiary/aromatic N) is 1. The summed E-state index contributed by atoms with van der Waals surface area (Å²) in [6.07, 6.45) is 1.04. The quantitative estimate of drug-likeness (QED) is 0.750. The first-order chi connectivity index (χ1) is 10.3. The highest BCUT2D eigenvalue weighted by Crippen LogP contribution is 2.27. The van der Waals surface area contributed by atoms with Crippen molar-refractivity contribution in [1.82, 2.24) is 10.3 Å². The fourth-order valence-electron chi connectivity index (χ4n) is 1.86. The van der Waals surface area contributed by atoms with Gasteiger partial charge in [0.2, 0.25) is 0 Å². The van der Waals surface area contributed by atoms with Gasteiger partial charge in [-0.05, 0) is 30.0 Å². The van der Waals surface area contributed by atoms with Crippen molar-refractivity contribution in [3.05, 3.63) is 50.5 Å². The molecule has 0 spiro atoms. The minimum absolute atomic E-state index is 0.111. The minimum Gasteiger partial charge on any atom is -0.346 e. The number of carbonyl (C=O) groups excluding carboxylic acids is 1. The zero-order valence-electron chi connectivity index (χ0n) is 11.5. The summed E-state index contributed by atoms with van der Waals surface area (Å²) in [5, 5.41) is 7.66. The van der Waals surface area contributed by atoms with Gasteiger partial charge < -0.3 is 5.32 Å². The summed E-state index contributed by atoms with van der Waals surface area (Å²) in [5.74, 6) is -0.111. The average molecular weight is 334 g/mol. The first-order valence-corrected chi connectivity index (χ1v) is 9.19. The molecule has 0 atom stereocenters. The van der Waals surface area contributed by atoms with Crippen molar-refractivity contribution < 1.29 is 4.79 Å². The number of hydrogen-bond acceptors (Lipinski definition) is 5. The molecular formula is C15H14N2OS3. The predicted octanol–water partition coefficient (Wildman–Crippen LogP) is 4.43. The Morgan fingerprint density at radius 3 is 2.81 bits per heavy atom. The predicted molar refractivity (Wildman–Crippen MR) is 90.3 cm³/mol. The molecule has 3 heterocycles. The van der Waals surface area contributed by atoms with Crippen molar-refractivity contribution in [3.8, 4) is 9.88 Å². The lowest BCUT2D eigenvalue weighted by atomic mass is 10.3. The number of hydrogen-bond donors (Lipinski definition) is 1. The molecule has 0 aliphatic carbocycles. The second-order valence-electron chi connectivity index (χ2n) is 4.42. The molecular weight excluding hydrogens is 320 g/mol. The van der Waals surface area contributed by atoms with Gasteiger partial charge in [-0.2, -0.15) is 0 Å². The normalized spacial score (nSPS) is 10.7. The van der Waals surface area contributed by atoms with Crippen LogP contribution in [0.25, 0.3) is 9.88 Å². The van der Waals surface area contributed by atoms with E-state index in [4.69, 9.17) is 0 Å². The van der Waals surface area contributed by atoms with E-state index in [1.54, 1.807) is 22.7 Å². The van der Waals surface area contributed by atoms with E-state index in [0.29, 0.717) is 12.2 Å². The maximum Gasteiger partial charge on any atom is 0.271 e. The van der Waals surface area contributed by atoms with Gasteiger partial charge in [0, 0.05) is 15.1 Å². The minimum atomic E-state index is -0.111. The summed E-state index contributed by atoms with van der Waals surface area (Å²) < 4.78 is 0. The molecule has 0 fully saturated rings. The van der Waals surface area contributed by atoms with Crippen molar-refractivity contribution >= 4 is 39.9 Å². The van der Waals surface area contributed by atoms with E-state index in [9.17, 15) is 4.79 Å². The van der Waals surface area contributed by atoms with Crippen LogP contribution in [0.3, 0.4) is 0 Å². The molecule has 3 nitrogen and oxygen atoms in total. The van der Waals surface area contributed by atoms with E-state index < -0.39 is 0 Å². The molecule has 0 aromatic carbocycles. The van der Waals surface area contributed by atoms with Crippen molar-refractivity contribution in [2.75, 3.05) is 0 Å². The Balaban J connectivity index is 1.63. The third kappa shape index (κ3) is 3.40. The van der Waals surface area contributed by atoms with Crippen LogP contribution in [-0.4, -0.2) is 10.9 Å². The van der Waals surface area contributed by atoms with E-state index in [0.717, 1.165) is 16.3 Å². The standard InChI is InChI=1S/C15H14N2OS3/c1-2-10-5-6-11(21-10)8-16-14(18)12-9-20-15(17-12)13-4-3-7-19-13/h3-7,9H,2,8H2,1H3,(H,16,18). The first kappa shape index (κ1) is 14.4. The summed E-state index contributed by atoms with van der Waals surface area (Å²) in [6, 6.07) is 8.19. The molecule has 0 unspecified atom stereocenters. The van der Waals surface area contributed by atoms with E-state index in [2.05, 4.69) is 29.4 Å². The van der Waals surface area contributed by atoms with E-state index in [1.165, 1.54) is 21.1 Å². The van der Waals surface area contributed by atoms with E-state index in [-0.39, 0.29) is 5.91 Å². The smallest absolute Gasteiger partial charge is 0.271 e. The topological polar surface area (TPSA) is 42.0 Å². The van der Waals surface area contributed by atoms with Crippen LogP contribution in [0.5, 0.6) is 0 Å². The van der Waals surface area contributed by atoms with Crippen molar-refractivity contribution in [2.45, 2.75) is 19.9 Å². The molecule has 108 valence electrons. The van der Waals surface area contributed by atoms with Crippen molar-refractivity contribution in [2.24, 2.45) is 0 Å². The van der Waals surface area contributed by atoms with Gasteiger partial charge in [0.25, 0.3) is 5.91 Å². The number of nitrogens with one attached hydrogen (secondary N) is 1. The maximum absolute atomic E-state index is 12.1. The highest BCUT2D eigenvalue weighted by atomic mass is 32.1. The molecule has 0 radical (unpaired) electrons. The Morgan fingerprint density at radius 1 is 1.24 bits per heavy atom. The van der Waals surface area contributed by atoms with Gasteiger partial charge in [-0.1, -0.05) is 13.0 Å². The van der Waals surface area contributed by atoms with Crippen molar-refractivity contribution in [3.63, 3.8) is 0 Å². The Hall–Kier alpha value is -1.50. The Morgan fingerprint density at radius 2 is 2.10 bits per heavy atom. The summed E-state index contributed by atoms with van der Waals surface area (Å²) >= 11 is 4.88. The summed E-state index contributed by atoms with van der Waals surface area (Å²) in [4.78, 5) is 20.1. The zero-order valence-corrected chi connectivity index (χ0v) is 13.9. The highest BCUT2D eigenvalue weighted by Gasteiger charge is 2.12. The first-order valence-electron chi connectivity index (χ1n) is 6.61. The molecule has 6 heteroatoms. The lowest BCUT2D eigenvalue weighted by Crippen LogP contribution is -2.22. The number of rotatable bonds is 5. The molecule has 3 aromatic rings. The second kappa shape index (κ2) is 6.51. The third-order valence-electron chi connectivity index (χ3n) is 2.96. The van der Waals surface area contributed by atoms with Crippen LogP contribution in [0.2, 0.25) is 0 Å². The summed E-state index contributed by atoms with van der Waals surface area (Å²) in [6.45, 7) is 2.70. The van der Waals surface area contributed by atoms with Gasteiger partial charge in [0.15, 0.2) is 0 Å². The third-order valence-corrected chi connectivity index (χ3v) is 6.07. The molecule has 0 aliphatic rings. The largest absolute Gasteiger partial charge is 0.346 e. The summed E-state index contributed by atoms with van der Waals surface area (Å²) in [7, 11) is 0. The summed E-state index contributed by atoms with van der Waals surface area (Å²) in [5.41, 5.74) is 0.496. The zero-order chi connectivity index (χ0) is 14.7. The SMILES string of the molecule is CCc1ccc(CNC(=O)c2csc(-c3cccs3)n2)s1. The van der Waals surface area contributed by atoms with Gasteiger partial charge in [0.1, 0.15) is 10.7 Å². The monoisotopic (exact) mass is 334 g/mol. The van der Waals surface area contributed by atoms with E-state index >= 15 is 0 Å². The highest BCUT2D eigenvalue weighted by molar-refractivity contribution is 7.20. The lowest BCUT2D eigenvalue weighted by Gasteiger charge is -2.00. The molecule has 0 saturated carbocycles. The van der Waals surface area contributed by atoms with Crippen LogP contribution in [0.1, 0.15) is 27.2 Å². The average Bonchev–Trinajstić information content (AvgIpc) is 3.24. The Kier molecular flexibility index (Phi) is 4.48. The molecule has 1 N–H and O–H groups in total. The van der Waals surface area contributed by atoms with Crippen LogP contribution < -0.4 is 5.32 Å². The lowest BCUT2D eigenvalue weighted by molar-refractivity contribution is 0.0947. The Bertz CT molecular complexity index is 728. The molecule has 0 saturated heterocycles. The van der Waals surface area contributed by atoms with E-state index in [1.807, 2.05) is 22.9 Å². The maximum atomic E-state index is 12.1. The van der Waals surface area contributed by atoms with Crippen LogP contribution in [0, 0.1) is 0 Å². The molecule has 3 aromatic heterocycles. The molecule has 0 aliphatic heterocycles. The fraction of sp³-hybridized carbons (Fsp3) is 0.200. The number of thiazole rings is 1. The second-order valence-corrected chi connectivity index (χ2v) is 7.48. The number of thiophene rings is 2. The van der Waals surface area contributed by atoms with Gasteiger partial charge in [-0.3, -0.25) is 4.79 Å². The van der Waals surface area contributed by atoms with Crippen LogP contribution in [-0.2, 0) is 13.0 Å². The van der Waals surface area contributed by atoms with Gasteiger partial charge in [0.05, 0.1) is 11.4 Å². The molecule has 0 bridgehead atoms. The van der Waals surface area contributed by atoms with Gasteiger partial charge >= 0.3 is 0 Å². The molecule has 1 amide bonds. The van der Waals surface area contributed by atoms with Crippen LogP contribution >= 0.6 is 34.0 Å². The van der Waals surface area contributed by atoms with Crippen LogP contribution in [0.4, 0.5) is 0 Å². The van der Waals surface area contributed by atoms with Gasteiger partial charge in [-0.25, -0.2) is 4.98 Å². The van der Waals surface area contributed by atoms with Crippen molar-refractivity contribution in [1.29, 1.82) is 0 Å². The number of aromatic nitrogens is 1. The number of aryl methyl sites for hydroxylation is 1.